The van der Waals surface area contributed by atoms with E-state index in [1.54, 1.807) is 0 Å². The molecule has 0 saturated heterocycles. The fraction of sp³-hybridized carbons (Fsp3) is 0.500. The van der Waals surface area contributed by atoms with Gasteiger partial charge >= 0.3 is 5.97 Å². The molecule has 0 spiro atoms. The highest BCUT2D eigenvalue weighted by atomic mass is 16.4. The van der Waals surface area contributed by atoms with Gasteiger partial charge in [0.1, 0.15) is 5.82 Å². The van der Waals surface area contributed by atoms with E-state index >= 15 is 0 Å². The lowest BCUT2D eigenvalue weighted by Gasteiger charge is -2.13. The number of nitrogens with one attached hydrogen (secondary N) is 1. The van der Waals surface area contributed by atoms with Crippen LogP contribution in [0.25, 0.3) is 0 Å². The van der Waals surface area contributed by atoms with Crippen LogP contribution in [-0.4, -0.2) is 52.6 Å². The predicted octanol–water partition coefficient (Wildman–Crippen LogP) is 0.538. The Labute approximate surface area is 94.3 Å². The molecule has 16 heavy (non-hydrogen) atoms. The largest absolute Gasteiger partial charge is 0.476 e. The van der Waals surface area contributed by atoms with Crippen molar-refractivity contribution in [3.63, 3.8) is 0 Å². The Morgan fingerprint density at radius 3 is 2.75 bits per heavy atom. The quantitative estimate of drug-likeness (QED) is 0.734. The molecular weight excluding hydrogens is 208 g/mol. The number of aromatic nitrogens is 2. The van der Waals surface area contributed by atoms with Crippen LogP contribution in [0.3, 0.4) is 0 Å². The summed E-state index contributed by atoms with van der Waals surface area (Å²) < 4.78 is 0. The van der Waals surface area contributed by atoms with Gasteiger partial charge in [-0.3, -0.25) is 0 Å². The molecule has 0 aliphatic carbocycles. The number of anilines is 1. The van der Waals surface area contributed by atoms with Crippen LogP contribution < -0.4 is 5.32 Å². The van der Waals surface area contributed by atoms with E-state index in [9.17, 15) is 4.79 Å². The van der Waals surface area contributed by atoms with Gasteiger partial charge in [-0.15, -0.1) is 0 Å². The van der Waals surface area contributed by atoms with Crippen molar-refractivity contribution in [1.82, 2.24) is 14.9 Å². The van der Waals surface area contributed by atoms with Crippen molar-refractivity contribution >= 4 is 11.8 Å². The van der Waals surface area contributed by atoms with E-state index < -0.39 is 5.97 Å². The van der Waals surface area contributed by atoms with E-state index in [-0.39, 0.29) is 5.69 Å². The van der Waals surface area contributed by atoms with Gasteiger partial charge in [0.15, 0.2) is 5.69 Å². The van der Waals surface area contributed by atoms with E-state index in [0.717, 1.165) is 19.6 Å². The van der Waals surface area contributed by atoms with Crippen molar-refractivity contribution in [3.8, 4) is 0 Å². The summed E-state index contributed by atoms with van der Waals surface area (Å²) >= 11 is 0. The van der Waals surface area contributed by atoms with Gasteiger partial charge in [0.25, 0.3) is 0 Å². The Morgan fingerprint density at radius 1 is 1.50 bits per heavy atom. The first kappa shape index (κ1) is 12.4. The third-order valence-corrected chi connectivity index (χ3v) is 2.21. The normalized spacial score (nSPS) is 10.4. The van der Waals surface area contributed by atoms with E-state index in [1.807, 2.05) is 7.05 Å². The maximum absolute atomic E-state index is 10.5. The molecule has 2 N–H and O–H groups in total. The molecule has 0 aromatic carbocycles. The molecule has 0 unspecified atom stereocenters. The minimum Gasteiger partial charge on any atom is -0.476 e. The lowest BCUT2D eigenvalue weighted by molar-refractivity contribution is 0.0690. The summed E-state index contributed by atoms with van der Waals surface area (Å²) in [7, 11) is 2.03. The summed E-state index contributed by atoms with van der Waals surface area (Å²) in [6.07, 6.45) is 2.67. The molecule has 1 rings (SSSR count). The number of carboxylic acid groups (broad SMARTS) is 1. The highest BCUT2D eigenvalue weighted by molar-refractivity contribution is 5.84. The average Bonchev–Trinajstić information content (AvgIpc) is 2.29. The van der Waals surface area contributed by atoms with Crippen molar-refractivity contribution in [2.75, 3.05) is 32.0 Å². The first-order chi connectivity index (χ1) is 7.63. The number of likely N-dealkylation sites (N-methyl/N-ethyl adjacent to an activating group) is 1. The van der Waals surface area contributed by atoms with Crippen molar-refractivity contribution in [3.05, 3.63) is 18.1 Å². The molecule has 6 heteroatoms. The SMILES string of the molecule is CCN(C)CCNc1cnc(C(=O)O)cn1. The van der Waals surface area contributed by atoms with Gasteiger partial charge < -0.3 is 15.3 Å². The van der Waals surface area contributed by atoms with Crippen molar-refractivity contribution in [1.29, 1.82) is 0 Å². The summed E-state index contributed by atoms with van der Waals surface area (Å²) in [4.78, 5) is 20.4. The van der Waals surface area contributed by atoms with Crippen LogP contribution in [0.5, 0.6) is 0 Å². The molecule has 0 fully saturated rings. The molecule has 0 amide bonds. The van der Waals surface area contributed by atoms with E-state index in [2.05, 4.69) is 27.1 Å². The monoisotopic (exact) mass is 224 g/mol. The van der Waals surface area contributed by atoms with Gasteiger partial charge in [0.2, 0.25) is 0 Å². The first-order valence-corrected chi connectivity index (χ1v) is 5.11. The van der Waals surface area contributed by atoms with Crippen molar-refractivity contribution < 1.29 is 9.90 Å². The third-order valence-electron chi connectivity index (χ3n) is 2.21. The summed E-state index contributed by atoms with van der Waals surface area (Å²) in [6, 6.07) is 0. The number of hydrogen-bond donors (Lipinski definition) is 2. The molecule has 1 aromatic rings. The summed E-state index contributed by atoms with van der Waals surface area (Å²) in [5.74, 6) is -0.473. The molecule has 0 saturated carbocycles. The van der Waals surface area contributed by atoms with Gasteiger partial charge in [-0.05, 0) is 13.6 Å². The standard InChI is InChI=1S/C10H16N4O2/c1-3-14(2)5-4-11-9-7-12-8(6-13-9)10(15)16/h6-7H,3-5H2,1-2H3,(H,11,13)(H,15,16). The Bertz CT molecular complexity index is 339. The maximum Gasteiger partial charge on any atom is 0.356 e. The smallest absolute Gasteiger partial charge is 0.356 e. The minimum atomic E-state index is -1.07. The van der Waals surface area contributed by atoms with Crippen LogP contribution in [0.2, 0.25) is 0 Å². The summed E-state index contributed by atoms with van der Waals surface area (Å²) in [5, 5.41) is 11.7. The molecule has 1 aromatic heterocycles. The van der Waals surface area contributed by atoms with Crippen LogP contribution in [0, 0.1) is 0 Å². The molecule has 88 valence electrons. The number of hydrogen-bond acceptors (Lipinski definition) is 5. The molecule has 0 atom stereocenters. The number of nitrogens with zero attached hydrogens (tertiary/aromatic N) is 3. The molecule has 0 aliphatic rings. The lowest BCUT2D eigenvalue weighted by Crippen LogP contribution is -2.25. The molecular formula is C10H16N4O2. The van der Waals surface area contributed by atoms with E-state index in [0.29, 0.717) is 5.82 Å². The second-order valence-electron chi connectivity index (χ2n) is 3.41. The molecule has 0 aliphatic heterocycles. The molecule has 0 radical (unpaired) electrons. The predicted molar refractivity (Wildman–Crippen MR) is 60.7 cm³/mol. The van der Waals surface area contributed by atoms with Crippen LogP contribution >= 0.6 is 0 Å². The van der Waals surface area contributed by atoms with Crippen LogP contribution in [0.15, 0.2) is 12.4 Å². The third kappa shape index (κ3) is 3.82. The fourth-order valence-corrected chi connectivity index (χ4v) is 1.06. The number of rotatable bonds is 6. The maximum atomic E-state index is 10.5. The Kier molecular flexibility index (Phi) is 4.65. The molecule has 6 nitrogen and oxygen atoms in total. The van der Waals surface area contributed by atoms with Crippen molar-refractivity contribution in [2.24, 2.45) is 0 Å². The van der Waals surface area contributed by atoms with Crippen LogP contribution in [0.4, 0.5) is 5.82 Å². The molecule has 1 heterocycles. The summed E-state index contributed by atoms with van der Waals surface area (Å²) in [6.45, 7) is 4.73. The van der Waals surface area contributed by atoms with Gasteiger partial charge in [-0.25, -0.2) is 14.8 Å². The first-order valence-electron chi connectivity index (χ1n) is 5.11. The Balaban J connectivity index is 2.40. The lowest BCUT2D eigenvalue weighted by atomic mass is 10.4. The van der Waals surface area contributed by atoms with E-state index in [4.69, 9.17) is 5.11 Å². The minimum absolute atomic E-state index is 0.0452. The Hall–Kier alpha value is -1.69. The topological polar surface area (TPSA) is 78.4 Å². The average molecular weight is 224 g/mol. The zero-order valence-electron chi connectivity index (χ0n) is 9.47. The second kappa shape index (κ2) is 6.02. The number of carboxylic acids is 1. The summed E-state index contributed by atoms with van der Waals surface area (Å²) in [5.41, 5.74) is -0.0452. The molecule has 0 bridgehead atoms. The number of carbonyl (C=O) groups is 1. The van der Waals surface area contributed by atoms with Gasteiger partial charge in [-0.1, -0.05) is 6.92 Å². The Morgan fingerprint density at radius 2 is 2.25 bits per heavy atom. The van der Waals surface area contributed by atoms with Crippen molar-refractivity contribution in [2.45, 2.75) is 6.92 Å². The fourth-order valence-electron chi connectivity index (χ4n) is 1.06. The second-order valence-corrected chi connectivity index (χ2v) is 3.41. The highest BCUT2D eigenvalue weighted by Crippen LogP contribution is 2.00. The number of aromatic carboxylic acids is 1. The van der Waals surface area contributed by atoms with Gasteiger partial charge in [-0.2, -0.15) is 0 Å². The van der Waals surface area contributed by atoms with Gasteiger partial charge in [0.05, 0.1) is 12.4 Å². The van der Waals surface area contributed by atoms with Gasteiger partial charge in [0, 0.05) is 13.1 Å². The highest BCUT2D eigenvalue weighted by Gasteiger charge is 2.04. The van der Waals surface area contributed by atoms with Crippen LogP contribution in [-0.2, 0) is 0 Å². The zero-order valence-corrected chi connectivity index (χ0v) is 9.47. The zero-order chi connectivity index (χ0) is 12.0. The van der Waals surface area contributed by atoms with E-state index in [1.165, 1.54) is 12.4 Å². The van der Waals surface area contributed by atoms with Crippen LogP contribution in [0.1, 0.15) is 17.4 Å².